The van der Waals surface area contributed by atoms with Crippen LogP contribution in [0, 0.1) is 0 Å². The first-order valence-electron chi connectivity index (χ1n) is 5.81. The summed E-state index contributed by atoms with van der Waals surface area (Å²) in [5.41, 5.74) is 3.08. The van der Waals surface area contributed by atoms with E-state index in [1.54, 1.807) is 12.3 Å². The van der Waals surface area contributed by atoms with Gasteiger partial charge in [-0.05, 0) is 39.2 Å². The lowest BCUT2D eigenvalue weighted by molar-refractivity contribution is 0.240. The molecule has 1 heterocycles. The van der Waals surface area contributed by atoms with Crippen LogP contribution >= 0.6 is 12.4 Å². The number of rotatable bonds is 6. The Morgan fingerprint density at radius 1 is 1.47 bits per heavy atom. The van der Waals surface area contributed by atoms with E-state index in [4.69, 9.17) is 0 Å². The number of amides is 2. The van der Waals surface area contributed by atoms with Crippen LogP contribution in [0.25, 0.3) is 0 Å². The molecule has 0 aliphatic rings. The third-order valence-electron chi connectivity index (χ3n) is 2.12. The maximum atomic E-state index is 11.3. The average molecular weight is 286 g/mol. The van der Waals surface area contributed by atoms with E-state index in [2.05, 4.69) is 25.7 Å². The second kappa shape index (κ2) is 10.3. The summed E-state index contributed by atoms with van der Waals surface area (Å²) in [5, 5.41) is 6.51. The van der Waals surface area contributed by atoms with Crippen molar-refractivity contribution < 1.29 is 4.79 Å². The molecular formula is C12H20ClN5O. The van der Waals surface area contributed by atoms with Crippen LogP contribution in [-0.4, -0.2) is 49.3 Å². The van der Waals surface area contributed by atoms with Gasteiger partial charge in [-0.1, -0.05) is 6.07 Å². The molecule has 106 valence electrons. The highest BCUT2D eigenvalue weighted by Crippen LogP contribution is 1.87. The molecule has 19 heavy (non-hydrogen) atoms. The summed E-state index contributed by atoms with van der Waals surface area (Å²) in [6.45, 7) is 1.57. The lowest BCUT2D eigenvalue weighted by Gasteiger charge is -2.09. The van der Waals surface area contributed by atoms with Crippen LogP contribution in [0.5, 0.6) is 0 Å². The van der Waals surface area contributed by atoms with Crippen molar-refractivity contribution in [3.05, 3.63) is 30.1 Å². The molecule has 0 unspecified atom stereocenters. The first-order valence-corrected chi connectivity index (χ1v) is 5.81. The highest BCUT2D eigenvalue weighted by atomic mass is 35.5. The van der Waals surface area contributed by atoms with Crippen LogP contribution < -0.4 is 10.7 Å². The second-order valence-corrected chi connectivity index (χ2v) is 4.04. The Labute approximate surface area is 119 Å². The molecule has 1 rings (SSSR count). The van der Waals surface area contributed by atoms with Crippen molar-refractivity contribution in [1.82, 2.24) is 20.6 Å². The third kappa shape index (κ3) is 8.98. The van der Waals surface area contributed by atoms with Gasteiger partial charge in [-0.25, -0.2) is 10.2 Å². The average Bonchev–Trinajstić information content (AvgIpc) is 2.36. The highest BCUT2D eigenvalue weighted by Gasteiger charge is 1.97. The zero-order chi connectivity index (χ0) is 13.2. The molecule has 0 aromatic carbocycles. The van der Waals surface area contributed by atoms with Gasteiger partial charge in [0.15, 0.2) is 0 Å². The van der Waals surface area contributed by atoms with Crippen molar-refractivity contribution in [3.63, 3.8) is 0 Å². The van der Waals surface area contributed by atoms with Gasteiger partial charge < -0.3 is 10.2 Å². The summed E-state index contributed by atoms with van der Waals surface area (Å²) in [6, 6.07) is 5.18. The Hall–Kier alpha value is -1.66. The molecule has 0 saturated heterocycles. The van der Waals surface area contributed by atoms with Crippen molar-refractivity contribution in [2.75, 3.05) is 27.2 Å². The Morgan fingerprint density at radius 3 is 2.89 bits per heavy atom. The molecule has 0 fully saturated rings. The maximum Gasteiger partial charge on any atom is 0.335 e. The van der Waals surface area contributed by atoms with Crippen molar-refractivity contribution in [3.8, 4) is 0 Å². The Morgan fingerprint density at radius 2 is 2.26 bits per heavy atom. The fourth-order valence-electron chi connectivity index (χ4n) is 1.25. The summed E-state index contributed by atoms with van der Waals surface area (Å²) in [6.07, 6.45) is 4.08. The lowest BCUT2D eigenvalue weighted by atomic mass is 10.4. The number of hydrogen-bond donors (Lipinski definition) is 2. The molecule has 6 nitrogen and oxygen atoms in total. The summed E-state index contributed by atoms with van der Waals surface area (Å²) in [7, 11) is 3.99. The molecule has 0 radical (unpaired) electrons. The van der Waals surface area contributed by atoms with Crippen LogP contribution in [0.2, 0.25) is 0 Å². The minimum atomic E-state index is -0.305. The van der Waals surface area contributed by atoms with Crippen LogP contribution in [0.3, 0.4) is 0 Å². The van der Waals surface area contributed by atoms with E-state index in [0.717, 1.165) is 13.0 Å². The van der Waals surface area contributed by atoms with Crippen LogP contribution in [-0.2, 0) is 0 Å². The number of nitrogens with one attached hydrogen (secondary N) is 2. The van der Waals surface area contributed by atoms with Gasteiger partial charge >= 0.3 is 6.03 Å². The van der Waals surface area contributed by atoms with E-state index in [-0.39, 0.29) is 18.4 Å². The summed E-state index contributed by atoms with van der Waals surface area (Å²) < 4.78 is 0. The van der Waals surface area contributed by atoms with Gasteiger partial charge in [-0.3, -0.25) is 4.98 Å². The summed E-state index contributed by atoms with van der Waals surface area (Å²) in [5.74, 6) is 0. The van der Waals surface area contributed by atoms with Gasteiger partial charge in [0.05, 0.1) is 11.9 Å². The Balaban J connectivity index is 0.00000324. The molecule has 2 N–H and O–H groups in total. The number of urea groups is 1. The lowest BCUT2D eigenvalue weighted by Crippen LogP contribution is -2.34. The summed E-state index contributed by atoms with van der Waals surface area (Å²) >= 11 is 0. The van der Waals surface area contributed by atoms with Gasteiger partial charge in [-0.2, -0.15) is 5.10 Å². The quantitative estimate of drug-likeness (QED) is 0.467. The first-order chi connectivity index (χ1) is 8.68. The topological polar surface area (TPSA) is 69.6 Å². The SMILES string of the molecule is CN(C)CCCNC(=O)N/N=C/c1ccccn1.Cl. The van der Waals surface area contributed by atoms with Crippen molar-refractivity contribution in [2.24, 2.45) is 5.10 Å². The van der Waals surface area contributed by atoms with Crippen LogP contribution in [0.15, 0.2) is 29.5 Å². The number of nitrogens with zero attached hydrogens (tertiary/aromatic N) is 3. The molecule has 2 amide bonds. The highest BCUT2D eigenvalue weighted by molar-refractivity contribution is 5.85. The molecule has 0 atom stereocenters. The minimum absolute atomic E-state index is 0. The van der Waals surface area contributed by atoms with Crippen molar-refractivity contribution in [2.45, 2.75) is 6.42 Å². The largest absolute Gasteiger partial charge is 0.337 e. The normalized spacial score (nSPS) is 10.3. The van der Waals surface area contributed by atoms with Crippen molar-refractivity contribution >= 4 is 24.7 Å². The molecule has 7 heteroatoms. The molecule has 0 aliphatic carbocycles. The molecule has 0 saturated carbocycles. The number of halogens is 1. The predicted molar refractivity (Wildman–Crippen MR) is 78.8 cm³/mol. The fourth-order valence-corrected chi connectivity index (χ4v) is 1.25. The van der Waals surface area contributed by atoms with Gasteiger partial charge in [0, 0.05) is 12.7 Å². The number of aromatic nitrogens is 1. The van der Waals surface area contributed by atoms with Gasteiger partial charge in [0.25, 0.3) is 0 Å². The maximum absolute atomic E-state index is 11.3. The summed E-state index contributed by atoms with van der Waals surface area (Å²) in [4.78, 5) is 17.4. The van der Waals surface area contributed by atoms with Gasteiger partial charge in [0.1, 0.15) is 0 Å². The van der Waals surface area contributed by atoms with E-state index >= 15 is 0 Å². The van der Waals surface area contributed by atoms with E-state index in [0.29, 0.717) is 12.2 Å². The molecule has 0 aliphatic heterocycles. The van der Waals surface area contributed by atoms with E-state index in [1.165, 1.54) is 6.21 Å². The molecule has 1 aromatic heterocycles. The third-order valence-corrected chi connectivity index (χ3v) is 2.12. The predicted octanol–water partition coefficient (Wildman–Crippen LogP) is 1.09. The number of hydrazone groups is 1. The first kappa shape index (κ1) is 17.3. The van der Waals surface area contributed by atoms with Crippen molar-refractivity contribution in [1.29, 1.82) is 0 Å². The zero-order valence-corrected chi connectivity index (χ0v) is 12.0. The van der Waals surface area contributed by atoms with E-state index < -0.39 is 0 Å². The Bertz CT molecular complexity index is 383. The fraction of sp³-hybridized carbons (Fsp3) is 0.417. The molecule has 0 spiro atoms. The zero-order valence-electron chi connectivity index (χ0n) is 11.2. The van der Waals surface area contributed by atoms with E-state index in [9.17, 15) is 4.79 Å². The minimum Gasteiger partial charge on any atom is -0.337 e. The van der Waals surface area contributed by atoms with E-state index in [1.807, 2.05) is 26.2 Å². The standard InChI is InChI=1S/C12H19N5O.ClH/c1-17(2)9-5-8-14-12(18)16-15-10-11-6-3-4-7-13-11;/h3-4,6-7,10H,5,8-9H2,1-2H3,(H2,14,16,18);1H/b15-10+;. The molecule has 0 bridgehead atoms. The number of pyridine rings is 1. The molecule has 1 aromatic rings. The number of carbonyl (C=O) groups is 1. The van der Waals surface area contributed by atoms with Crippen LogP contribution in [0.4, 0.5) is 4.79 Å². The second-order valence-electron chi connectivity index (χ2n) is 4.04. The number of carbonyl (C=O) groups excluding carboxylic acids is 1. The smallest absolute Gasteiger partial charge is 0.335 e. The molecular weight excluding hydrogens is 266 g/mol. The monoisotopic (exact) mass is 285 g/mol. The van der Waals surface area contributed by atoms with Gasteiger partial charge in [-0.15, -0.1) is 12.4 Å². The Kier molecular flexibility index (Phi) is 9.38. The van der Waals surface area contributed by atoms with Gasteiger partial charge in [0.2, 0.25) is 0 Å². The number of hydrogen-bond acceptors (Lipinski definition) is 4. The van der Waals surface area contributed by atoms with Crippen LogP contribution in [0.1, 0.15) is 12.1 Å².